The highest BCUT2D eigenvalue weighted by atomic mass is 19.4. The van der Waals surface area contributed by atoms with Crippen molar-refractivity contribution in [3.8, 4) is 33.6 Å². The summed E-state index contributed by atoms with van der Waals surface area (Å²) in [5.74, 6) is 0.847. The summed E-state index contributed by atoms with van der Waals surface area (Å²) in [6.07, 6.45) is 1.65. The molecule has 0 bridgehead atoms. The number of carbonyl (C=O) groups excluding carboxylic acids is 3. The van der Waals surface area contributed by atoms with Gasteiger partial charge in [-0.3, -0.25) is 9.59 Å². The third-order valence-corrected chi connectivity index (χ3v) is 11.8. The lowest BCUT2D eigenvalue weighted by atomic mass is 9.93. The summed E-state index contributed by atoms with van der Waals surface area (Å²) in [5.41, 5.74) is 2.95. The second kappa shape index (κ2) is 16.6. The van der Waals surface area contributed by atoms with Gasteiger partial charge >= 0.3 is 12.3 Å². The van der Waals surface area contributed by atoms with Crippen LogP contribution in [0.3, 0.4) is 0 Å². The zero-order chi connectivity index (χ0) is 41.4. The molecule has 0 radical (unpaired) electrons. The van der Waals surface area contributed by atoms with Crippen molar-refractivity contribution in [3.63, 3.8) is 0 Å². The molecule has 12 nitrogen and oxygen atoms in total. The summed E-state index contributed by atoms with van der Waals surface area (Å²) in [7, 11) is 0. The molecule has 2 saturated heterocycles. The van der Waals surface area contributed by atoms with Gasteiger partial charge in [-0.2, -0.15) is 13.2 Å². The minimum absolute atomic E-state index is 0.0711. The number of hydrogen-bond acceptors (Lipinski definition) is 7. The van der Waals surface area contributed by atoms with Gasteiger partial charge in [-0.05, 0) is 74.6 Å². The number of aromatic amines is 2. The van der Waals surface area contributed by atoms with Gasteiger partial charge in [-0.15, -0.1) is 0 Å². The number of nitrogens with zero attached hydrogens (tertiary/aromatic N) is 4. The lowest BCUT2D eigenvalue weighted by Gasteiger charge is -2.36. The number of alkyl halides is 3. The number of aromatic nitrogens is 4. The molecule has 7 rings (SSSR count). The van der Waals surface area contributed by atoms with Crippen molar-refractivity contribution in [2.45, 2.75) is 103 Å². The Hall–Kier alpha value is -5.18. The van der Waals surface area contributed by atoms with E-state index in [1.807, 2.05) is 42.3 Å². The first-order valence-corrected chi connectivity index (χ1v) is 20.2. The molecule has 0 spiro atoms. The Morgan fingerprint density at radius 1 is 0.828 bits per heavy atom. The summed E-state index contributed by atoms with van der Waals surface area (Å²) in [6.45, 7) is 9.21. The van der Waals surface area contributed by atoms with Crippen LogP contribution in [0.1, 0.15) is 90.3 Å². The standard InChI is InChI=1S/C43H52F3N7O5/c1-25(2)36(51-41(56)58-42(4,5)43(44,45)46)40(55)53-19-7-10-35(53)38-48-23-34(50-38)30-17-13-28(14-18-30)27-11-15-29(16-12-27)33-22-47-37(49-33)31-8-6-9-32(31)39(54)52-20-21-57-24-26(52)3/h11-18,22-23,25-26,31-32,35-36H,6-10,19-21,24H2,1-5H3,(H,47,49)(H,48,50)(H,51,56)/t26-,31-,32-,35+,36-/m1/s1. The Balaban J connectivity index is 0.981. The molecule has 15 heteroatoms. The van der Waals surface area contributed by atoms with Crippen molar-refractivity contribution in [1.82, 2.24) is 35.1 Å². The fourth-order valence-electron chi connectivity index (χ4n) is 8.31. The summed E-state index contributed by atoms with van der Waals surface area (Å²) in [4.78, 5) is 59.6. The first-order chi connectivity index (χ1) is 27.6. The molecule has 1 aliphatic carbocycles. The van der Waals surface area contributed by atoms with E-state index in [0.717, 1.165) is 72.6 Å². The predicted octanol–water partition coefficient (Wildman–Crippen LogP) is 8.02. The number of rotatable bonds is 10. The smallest absolute Gasteiger partial charge is 0.427 e. The first-order valence-electron chi connectivity index (χ1n) is 20.2. The van der Waals surface area contributed by atoms with E-state index in [9.17, 15) is 27.6 Å². The number of halogens is 3. The fraction of sp³-hybridized carbons (Fsp3) is 0.512. The second-order valence-electron chi connectivity index (χ2n) is 16.6. The van der Waals surface area contributed by atoms with Crippen LogP contribution in [0.25, 0.3) is 33.6 Å². The molecule has 2 aromatic carbocycles. The molecule has 1 saturated carbocycles. The van der Waals surface area contributed by atoms with Gasteiger partial charge in [-0.25, -0.2) is 14.8 Å². The molecule has 2 aromatic heterocycles. The number of imidazole rings is 2. The van der Waals surface area contributed by atoms with Crippen LogP contribution in [0.4, 0.5) is 18.0 Å². The van der Waals surface area contributed by atoms with E-state index in [-0.39, 0.29) is 23.8 Å². The average molecular weight is 804 g/mol. The van der Waals surface area contributed by atoms with Crippen LogP contribution >= 0.6 is 0 Å². The Morgan fingerprint density at radius 3 is 2.00 bits per heavy atom. The number of H-pyrrole nitrogens is 2. The third-order valence-electron chi connectivity index (χ3n) is 11.8. The van der Waals surface area contributed by atoms with Crippen molar-refractivity contribution in [1.29, 1.82) is 0 Å². The molecule has 3 fully saturated rings. The van der Waals surface area contributed by atoms with E-state index in [2.05, 4.69) is 49.3 Å². The highest BCUT2D eigenvalue weighted by molar-refractivity contribution is 5.86. The van der Waals surface area contributed by atoms with E-state index in [0.29, 0.717) is 45.0 Å². The van der Waals surface area contributed by atoms with Gasteiger partial charge in [-0.1, -0.05) is 68.8 Å². The van der Waals surface area contributed by atoms with Crippen molar-refractivity contribution < 1.29 is 37.0 Å². The van der Waals surface area contributed by atoms with Gasteiger partial charge in [0.2, 0.25) is 17.4 Å². The van der Waals surface area contributed by atoms with Crippen LogP contribution in [0.5, 0.6) is 0 Å². The van der Waals surface area contributed by atoms with Crippen LogP contribution in [-0.2, 0) is 19.1 Å². The number of hydrogen-bond donors (Lipinski definition) is 3. The lowest BCUT2D eigenvalue weighted by Crippen LogP contribution is -2.53. The van der Waals surface area contributed by atoms with E-state index in [4.69, 9.17) is 9.72 Å². The van der Waals surface area contributed by atoms with Crippen LogP contribution < -0.4 is 5.32 Å². The van der Waals surface area contributed by atoms with Crippen molar-refractivity contribution >= 4 is 17.9 Å². The molecule has 58 heavy (non-hydrogen) atoms. The van der Waals surface area contributed by atoms with Crippen molar-refractivity contribution in [2.75, 3.05) is 26.3 Å². The largest absolute Gasteiger partial charge is 0.434 e. The number of nitrogens with one attached hydrogen (secondary N) is 3. The maximum atomic E-state index is 13.7. The molecular weight excluding hydrogens is 752 g/mol. The van der Waals surface area contributed by atoms with E-state index in [1.165, 1.54) is 0 Å². The van der Waals surface area contributed by atoms with Gasteiger partial charge in [0.25, 0.3) is 0 Å². The van der Waals surface area contributed by atoms with E-state index < -0.39 is 41.8 Å². The minimum atomic E-state index is -4.77. The topological polar surface area (TPSA) is 146 Å². The first kappa shape index (κ1) is 41.0. The molecule has 310 valence electrons. The fourth-order valence-corrected chi connectivity index (χ4v) is 8.31. The quantitative estimate of drug-likeness (QED) is 0.147. The van der Waals surface area contributed by atoms with Crippen LogP contribution in [0.15, 0.2) is 60.9 Å². The Morgan fingerprint density at radius 2 is 1.41 bits per heavy atom. The van der Waals surface area contributed by atoms with Gasteiger partial charge in [0.15, 0.2) is 0 Å². The summed E-state index contributed by atoms with van der Waals surface area (Å²) >= 11 is 0. The third kappa shape index (κ3) is 8.50. The molecule has 3 aliphatic rings. The summed E-state index contributed by atoms with van der Waals surface area (Å²) in [5, 5.41) is 2.38. The Kier molecular flexibility index (Phi) is 11.7. The van der Waals surface area contributed by atoms with Crippen molar-refractivity contribution in [2.24, 2.45) is 11.8 Å². The van der Waals surface area contributed by atoms with Crippen molar-refractivity contribution in [3.05, 3.63) is 72.6 Å². The van der Waals surface area contributed by atoms with Crippen LogP contribution in [0, 0.1) is 11.8 Å². The summed E-state index contributed by atoms with van der Waals surface area (Å²) in [6, 6.07) is 15.0. The predicted molar refractivity (Wildman–Crippen MR) is 211 cm³/mol. The maximum Gasteiger partial charge on any atom is 0.427 e. The Bertz CT molecular complexity index is 2080. The Labute approximate surface area is 336 Å². The molecule has 3 amide bonds. The normalized spacial score (nSPS) is 22.0. The number of benzene rings is 2. The summed E-state index contributed by atoms with van der Waals surface area (Å²) < 4.78 is 50.2. The van der Waals surface area contributed by atoms with Gasteiger partial charge in [0.1, 0.15) is 17.7 Å². The molecule has 2 aliphatic heterocycles. The van der Waals surface area contributed by atoms with Gasteiger partial charge in [0, 0.05) is 24.9 Å². The number of amides is 3. The molecule has 4 aromatic rings. The number of likely N-dealkylation sites (tertiary alicyclic amines) is 1. The van der Waals surface area contributed by atoms with Crippen LogP contribution in [0.2, 0.25) is 0 Å². The van der Waals surface area contributed by atoms with E-state index in [1.54, 1.807) is 24.9 Å². The number of carbonyl (C=O) groups is 3. The van der Waals surface area contributed by atoms with E-state index >= 15 is 0 Å². The monoisotopic (exact) mass is 803 g/mol. The van der Waals surface area contributed by atoms with Gasteiger partial charge in [0.05, 0.1) is 49.1 Å². The zero-order valence-corrected chi connectivity index (χ0v) is 33.6. The zero-order valence-electron chi connectivity index (χ0n) is 33.6. The number of morpholine rings is 1. The van der Waals surface area contributed by atoms with Crippen LogP contribution in [-0.4, -0.2) is 97.8 Å². The molecule has 0 unspecified atom stereocenters. The molecule has 4 heterocycles. The minimum Gasteiger partial charge on any atom is -0.434 e. The molecule has 5 atom stereocenters. The highest BCUT2D eigenvalue weighted by Crippen LogP contribution is 2.41. The number of ether oxygens (including phenoxy) is 2. The SMILES string of the molecule is CC(C)[C@@H](NC(=O)OC(C)(C)C(F)(F)F)C(=O)N1CCC[C@H]1c1ncc(-c2ccc(-c3ccc(-c4cnc([C@@H]5CCC[C@H]5C(=O)N5CCOC[C@H]5C)[nH]4)cc3)cc2)[nH]1. The average Bonchev–Trinajstić information content (AvgIpc) is 4.03. The lowest BCUT2D eigenvalue weighted by molar-refractivity contribution is -0.244. The second-order valence-corrected chi connectivity index (χ2v) is 16.6. The molecule has 3 N–H and O–H groups in total. The number of alkyl carbamates (subject to hydrolysis) is 1. The highest BCUT2D eigenvalue weighted by Gasteiger charge is 2.51. The molecular formula is C43H52F3N7O5. The van der Waals surface area contributed by atoms with Gasteiger partial charge < -0.3 is 34.6 Å². The maximum absolute atomic E-state index is 13.7.